The van der Waals surface area contributed by atoms with E-state index in [2.05, 4.69) is 11.4 Å². The molecule has 0 aliphatic carbocycles. The van der Waals surface area contributed by atoms with Gasteiger partial charge in [-0.25, -0.2) is 0 Å². The number of carbonyl (C=O) groups excluding carboxylic acids is 1. The zero-order valence-corrected chi connectivity index (χ0v) is 13.2. The van der Waals surface area contributed by atoms with E-state index in [1.165, 1.54) is 6.92 Å². The van der Waals surface area contributed by atoms with Crippen LogP contribution in [-0.2, 0) is 9.59 Å². The van der Waals surface area contributed by atoms with Crippen LogP contribution < -0.4 is 5.32 Å². The molecule has 0 aromatic heterocycles. The first-order chi connectivity index (χ1) is 10.0. The van der Waals surface area contributed by atoms with Gasteiger partial charge in [-0.05, 0) is 30.9 Å². The number of carbonyl (C=O) groups is 2. The smallest absolute Gasteiger partial charge is 0.325 e. The average Bonchev–Trinajstić information content (AvgIpc) is 2.87. The molecule has 112 valence electrons. The Balaban J connectivity index is 2.02. The minimum atomic E-state index is -1.02. The minimum absolute atomic E-state index is 0.232. The molecule has 2 N–H and O–H groups in total. The van der Waals surface area contributed by atoms with Gasteiger partial charge < -0.3 is 10.4 Å². The van der Waals surface area contributed by atoms with Crippen molar-refractivity contribution in [3.63, 3.8) is 0 Å². The molecule has 1 heterocycles. The van der Waals surface area contributed by atoms with Crippen molar-refractivity contribution in [3.8, 4) is 0 Å². The lowest BCUT2D eigenvalue weighted by Crippen LogP contribution is -2.40. The molecule has 6 heteroatoms. The molecule has 2 atom stereocenters. The molecule has 1 aliphatic rings. The third kappa shape index (κ3) is 4.54. The highest BCUT2D eigenvalue weighted by Gasteiger charge is 2.36. The summed E-state index contributed by atoms with van der Waals surface area (Å²) >= 11 is 3.28. The molecule has 0 saturated carbocycles. The van der Waals surface area contributed by atoms with Gasteiger partial charge in [-0.2, -0.15) is 0 Å². The van der Waals surface area contributed by atoms with E-state index in [1.54, 1.807) is 23.5 Å². The normalized spacial score (nSPS) is 22.0. The molecule has 1 aromatic rings. The van der Waals surface area contributed by atoms with Crippen LogP contribution >= 0.6 is 23.5 Å². The van der Waals surface area contributed by atoms with Crippen LogP contribution in [0.1, 0.15) is 19.8 Å². The fraction of sp³-hybridized carbons (Fsp3) is 0.333. The van der Waals surface area contributed by atoms with Gasteiger partial charge in [0.15, 0.2) is 0 Å². The van der Waals surface area contributed by atoms with Crippen LogP contribution in [0.5, 0.6) is 0 Å². The average molecular weight is 323 g/mol. The maximum Gasteiger partial charge on any atom is 0.325 e. The molecule has 4 nitrogen and oxygen atoms in total. The molecule has 0 radical (unpaired) electrons. The second-order valence-electron chi connectivity index (χ2n) is 4.82. The number of amides is 1. The first-order valence-electron chi connectivity index (χ1n) is 6.60. The Morgan fingerprint density at radius 2 is 2.14 bits per heavy atom. The first kappa shape index (κ1) is 16.0. The van der Waals surface area contributed by atoms with Crippen molar-refractivity contribution in [2.45, 2.75) is 34.8 Å². The number of aliphatic carboxylic acids is 1. The van der Waals surface area contributed by atoms with Crippen LogP contribution in [-0.4, -0.2) is 27.1 Å². The predicted molar refractivity (Wildman–Crippen MR) is 86.2 cm³/mol. The summed E-state index contributed by atoms with van der Waals surface area (Å²) in [6.07, 6.45) is 3.11. The lowest BCUT2D eigenvalue weighted by atomic mass is 10.2. The van der Waals surface area contributed by atoms with Gasteiger partial charge in [-0.3, -0.25) is 9.59 Å². The van der Waals surface area contributed by atoms with Gasteiger partial charge >= 0.3 is 5.97 Å². The van der Waals surface area contributed by atoms with Crippen molar-refractivity contribution >= 4 is 35.4 Å². The van der Waals surface area contributed by atoms with Crippen molar-refractivity contribution in [2.24, 2.45) is 0 Å². The molecule has 21 heavy (non-hydrogen) atoms. The Bertz CT molecular complexity index is 537. The van der Waals surface area contributed by atoms with Gasteiger partial charge in [0.2, 0.25) is 5.91 Å². The summed E-state index contributed by atoms with van der Waals surface area (Å²) in [5, 5.41) is 13.4. The van der Waals surface area contributed by atoms with Crippen LogP contribution in [0, 0.1) is 0 Å². The highest BCUT2D eigenvalue weighted by Crippen LogP contribution is 2.51. The van der Waals surface area contributed by atoms with Gasteiger partial charge in [0, 0.05) is 4.90 Å². The third-order valence-corrected chi connectivity index (χ3v) is 5.83. The van der Waals surface area contributed by atoms with E-state index < -0.39 is 12.0 Å². The van der Waals surface area contributed by atoms with Crippen molar-refractivity contribution in [1.29, 1.82) is 0 Å². The lowest BCUT2D eigenvalue weighted by Gasteiger charge is -2.27. The summed E-state index contributed by atoms with van der Waals surface area (Å²) in [5.41, 5.74) is 0. The molecule has 1 aliphatic heterocycles. The van der Waals surface area contributed by atoms with E-state index in [0.717, 1.165) is 11.3 Å². The van der Waals surface area contributed by atoms with Gasteiger partial charge in [0.1, 0.15) is 6.04 Å². The van der Waals surface area contributed by atoms with E-state index in [4.69, 9.17) is 5.11 Å². The Morgan fingerprint density at radius 3 is 2.71 bits per heavy atom. The van der Waals surface area contributed by atoms with Crippen LogP contribution in [0.3, 0.4) is 0 Å². The molecule has 1 aromatic carbocycles. The standard InChI is InChI=1S/C15H17NO3S2/c1-11(14(18)19)16-13(17)10-15(8-5-9-20-15)21-12-6-3-2-4-7-12/h2-7,9,11H,8,10H2,1H3,(H,16,17)(H,18,19). The molecule has 2 unspecified atom stereocenters. The second-order valence-corrected chi connectivity index (χ2v) is 7.83. The number of benzene rings is 1. The molecule has 0 fully saturated rings. The summed E-state index contributed by atoms with van der Waals surface area (Å²) < 4.78 is -0.288. The number of rotatable bonds is 6. The van der Waals surface area contributed by atoms with Crippen LogP contribution in [0.2, 0.25) is 0 Å². The van der Waals surface area contributed by atoms with Crippen LogP contribution in [0.4, 0.5) is 0 Å². The highest BCUT2D eigenvalue weighted by atomic mass is 32.2. The lowest BCUT2D eigenvalue weighted by molar-refractivity contribution is -0.141. The summed E-state index contributed by atoms with van der Waals surface area (Å²) in [4.78, 5) is 24.0. The van der Waals surface area contributed by atoms with Crippen LogP contribution in [0.15, 0.2) is 46.7 Å². The summed E-state index contributed by atoms with van der Waals surface area (Å²) in [5.74, 6) is -1.25. The number of carboxylic acids is 1. The van der Waals surface area contributed by atoms with E-state index in [-0.39, 0.29) is 16.4 Å². The number of carboxylic acid groups (broad SMARTS) is 1. The van der Waals surface area contributed by atoms with Crippen molar-refractivity contribution in [2.75, 3.05) is 0 Å². The number of hydrogen-bond acceptors (Lipinski definition) is 4. The van der Waals surface area contributed by atoms with E-state index in [1.807, 2.05) is 35.7 Å². The number of thioether (sulfide) groups is 2. The van der Waals surface area contributed by atoms with Gasteiger partial charge in [-0.1, -0.05) is 24.3 Å². The van der Waals surface area contributed by atoms with Crippen molar-refractivity contribution in [1.82, 2.24) is 5.32 Å². The van der Waals surface area contributed by atoms with E-state index in [9.17, 15) is 9.59 Å². The van der Waals surface area contributed by atoms with Gasteiger partial charge in [-0.15, -0.1) is 23.5 Å². The predicted octanol–water partition coefficient (Wildman–Crippen LogP) is 3.11. The third-order valence-electron chi connectivity index (χ3n) is 3.03. The Morgan fingerprint density at radius 1 is 1.43 bits per heavy atom. The fourth-order valence-corrected chi connectivity index (χ4v) is 4.57. The number of nitrogens with one attached hydrogen (secondary N) is 1. The van der Waals surface area contributed by atoms with Gasteiger partial charge in [0.25, 0.3) is 0 Å². The molecule has 0 spiro atoms. The zero-order valence-electron chi connectivity index (χ0n) is 11.6. The molecular formula is C15H17NO3S2. The molecule has 1 amide bonds. The molecular weight excluding hydrogens is 306 g/mol. The fourth-order valence-electron chi connectivity index (χ4n) is 1.97. The Labute approximate surface area is 132 Å². The van der Waals surface area contributed by atoms with E-state index in [0.29, 0.717) is 0 Å². The molecule has 2 rings (SSSR count). The molecule has 0 bridgehead atoms. The second kappa shape index (κ2) is 7.04. The zero-order chi connectivity index (χ0) is 15.3. The monoisotopic (exact) mass is 323 g/mol. The first-order valence-corrected chi connectivity index (χ1v) is 8.29. The maximum absolute atomic E-state index is 12.1. The van der Waals surface area contributed by atoms with Crippen LogP contribution in [0.25, 0.3) is 0 Å². The van der Waals surface area contributed by atoms with Crippen molar-refractivity contribution < 1.29 is 14.7 Å². The topological polar surface area (TPSA) is 66.4 Å². The molecule has 0 saturated heterocycles. The summed E-state index contributed by atoms with van der Waals surface area (Å²) in [6.45, 7) is 1.47. The maximum atomic E-state index is 12.1. The SMILES string of the molecule is CC(NC(=O)CC1(Sc2ccccc2)CC=CS1)C(=O)O. The minimum Gasteiger partial charge on any atom is -0.480 e. The summed E-state index contributed by atoms with van der Waals surface area (Å²) in [6, 6.07) is 9.06. The number of allylic oxidation sites excluding steroid dienone is 1. The largest absolute Gasteiger partial charge is 0.480 e. The van der Waals surface area contributed by atoms with E-state index >= 15 is 0 Å². The highest BCUT2D eigenvalue weighted by molar-refractivity contribution is 8.19. The Kier molecular flexibility index (Phi) is 5.36. The summed E-state index contributed by atoms with van der Waals surface area (Å²) in [7, 11) is 0. The van der Waals surface area contributed by atoms with Crippen molar-refractivity contribution in [3.05, 3.63) is 41.8 Å². The Hall–Kier alpha value is -1.40. The number of hydrogen-bond donors (Lipinski definition) is 2. The quantitative estimate of drug-likeness (QED) is 0.842. The van der Waals surface area contributed by atoms with Gasteiger partial charge in [0.05, 0.1) is 10.5 Å².